The zero-order chi connectivity index (χ0) is 45.8. The summed E-state index contributed by atoms with van der Waals surface area (Å²) in [4.78, 5) is 110. The molecule has 0 bridgehead atoms. The number of Topliss-reactive ketones (excluding diaryl/α,β-unsaturated/α-hetero) is 1. The summed E-state index contributed by atoms with van der Waals surface area (Å²) in [6, 6.07) is 7.88. The van der Waals surface area contributed by atoms with Gasteiger partial charge in [-0.2, -0.15) is 0 Å². The van der Waals surface area contributed by atoms with Crippen molar-refractivity contribution < 1.29 is 33.5 Å². The molecular formula is C48H55N9O8. The van der Waals surface area contributed by atoms with Gasteiger partial charge in [0.1, 0.15) is 24.1 Å². The number of esters is 1. The number of fused-ring (bicyclic) bond motifs is 2. The number of carbonyl (C=O) groups excluding carboxylic acids is 6. The molecular weight excluding hydrogens is 831 g/mol. The number of piperazine rings is 1. The van der Waals surface area contributed by atoms with Gasteiger partial charge in [0, 0.05) is 67.2 Å². The molecule has 6 heterocycles. The van der Waals surface area contributed by atoms with E-state index in [-0.39, 0.29) is 59.6 Å². The number of benzene rings is 1. The van der Waals surface area contributed by atoms with Crippen LogP contribution in [-0.2, 0) is 32.1 Å². The summed E-state index contributed by atoms with van der Waals surface area (Å²) < 4.78 is 7.21. The Kier molecular flexibility index (Phi) is 13.6. The van der Waals surface area contributed by atoms with Gasteiger partial charge < -0.3 is 25.2 Å². The summed E-state index contributed by atoms with van der Waals surface area (Å²) >= 11 is 0. The summed E-state index contributed by atoms with van der Waals surface area (Å²) in [6.45, 7) is 10.2. The first-order valence-electron chi connectivity index (χ1n) is 22.6. The normalized spacial score (nSPS) is 17.8. The van der Waals surface area contributed by atoms with Gasteiger partial charge in [0.05, 0.1) is 41.5 Å². The number of ether oxygens (including phenoxy) is 1. The standard InChI is InChI=1S/C48H55N9O8/c1-29-15-18-38(45(61)52-29)57-46(62)36-13-9-10-32(43(36)48(57)64)28-65-41(60)14-5-4-8-19-49-27-40(59)55-22-20-54(21-23-55)35-17-16-33(50-25-35)24-39-51-26-37-30(2)42(31(3)58)47(63)56(44(37)53-39)34-11-6-7-12-34/h9-10,13,16-17,25-26,34,38,49H,1,4-8,11-12,14-15,18-24,27-28H2,2-3H3,(H,52,61). The van der Waals surface area contributed by atoms with Crippen LogP contribution in [0.15, 0.2) is 59.8 Å². The zero-order valence-electron chi connectivity index (χ0n) is 37.0. The molecule has 1 atom stereocenters. The molecule has 1 aromatic carbocycles. The Morgan fingerprint density at radius 3 is 2.43 bits per heavy atom. The maximum absolute atomic E-state index is 13.6. The minimum absolute atomic E-state index is 0.0113. The van der Waals surface area contributed by atoms with Crippen LogP contribution >= 0.6 is 0 Å². The van der Waals surface area contributed by atoms with E-state index in [9.17, 15) is 33.6 Å². The van der Waals surface area contributed by atoms with Gasteiger partial charge in [0.25, 0.3) is 17.4 Å². The van der Waals surface area contributed by atoms with Crippen molar-refractivity contribution >= 4 is 52.1 Å². The largest absolute Gasteiger partial charge is 0.461 e. The monoisotopic (exact) mass is 885 g/mol. The fraction of sp³-hybridized carbons (Fsp3) is 0.458. The van der Waals surface area contributed by atoms with E-state index in [4.69, 9.17) is 14.7 Å². The van der Waals surface area contributed by atoms with E-state index in [2.05, 4.69) is 27.1 Å². The van der Waals surface area contributed by atoms with Crippen molar-refractivity contribution in [2.45, 2.75) is 103 Å². The Hall–Kier alpha value is -6.62. The number of hydrogen-bond acceptors (Lipinski definition) is 13. The third kappa shape index (κ3) is 9.60. The van der Waals surface area contributed by atoms with Crippen molar-refractivity contribution in [2.75, 3.05) is 44.2 Å². The van der Waals surface area contributed by atoms with Crippen LogP contribution in [0.3, 0.4) is 0 Å². The number of anilines is 1. The maximum atomic E-state index is 13.6. The number of aromatic nitrogens is 4. The number of ketones is 1. The molecule has 17 heteroatoms. The Labute approximate surface area is 376 Å². The number of imide groups is 1. The van der Waals surface area contributed by atoms with E-state index < -0.39 is 29.7 Å². The van der Waals surface area contributed by atoms with E-state index >= 15 is 0 Å². The summed E-state index contributed by atoms with van der Waals surface area (Å²) in [5.41, 5.74) is 4.21. The van der Waals surface area contributed by atoms with Crippen molar-refractivity contribution in [1.29, 1.82) is 0 Å². The number of aryl methyl sites for hydroxylation is 1. The van der Waals surface area contributed by atoms with Crippen LogP contribution < -0.4 is 21.1 Å². The topological polar surface area (TPSA) is 206 Å². The summed E-state index contributed by atoms with van der Waals surface area (Å²) in [6.07, 6.45) is 10.8. The molecule has 65 heavy (non-hydrogen) atoms. The molecule has 17 nitrogen and oxygen atoms in total. The van der Waals surface area contributed by atoms with E-state index in [0.29, 0.717) is 86.7 Å². The number of nitrogens with zero attached hydrogens (tertiary/aromatic N) is 7. The fourth-order valence-corrected chi connectivity index (χ4v) is 9.47. The minimum atomic E-state index is -0.920. The minimum Gasteiger partial charge on any atom is -0.461 e. The Balaban J connectivity index is 0.731. The Morgan fingerprint density at radius 2 is 1.71 bits per heavy atom. The lowest BCUT2D eigenvalue weighted by Gasteiger charge is -2.36. The van der Waals surface area contributed by atoms with Crippen LogP contribution in [0.4, 0.5) is 5.69 Å². The third-order valence-corrected chi connectivity index (χ3v) is 13.0. The number of piperidine rings is 1. The highest BCUT2D eigenvalue weighted by molar-refractivity contribution is 6.23. The second-order valence-electron chi connectivity index (χ2n) is 17.4. The lowest BCUT2D eigenvalue weighted by molar-refractivity contribution is -0.145. The molecule has 4 aromatic rings. The summed E-state index contributed by atoms with van der Waals surface area (Å²) in [7, 11) is 0. The molecule has 3 aromatic heterocycles. The van der Waals surface area contributed by atoms with Crippen LogP contribution in [0.1, 0.15) is 131 Å². The molecule has 0 radical (unpaired) electrons. The number of hydrogen-bond donors (Lipinski definition) is 2. The van der Waals surface area contributed by atoms with Gasteiger partial charge in [-0.1, -0.05) is 38.0 Å². The zero-order valence-corrected chi connectivity index (χ0v) is 37.0. The van der Waals surface area contributed by atoms with Gasteiger partial charge >= 0.3 is 5.97 Å². The second-order valence-corrected chi connectivity index (χ2v) is 17.4. The molecule has 3 fully saturated rings. The second kappa shape index (κ2) is 19.6. The Bertz CT molecular complexity index is 2610. The average molecular weight is 886 g/mol. The predicted molar refractivity (Wildman–Crippen MR) is 240 cm³/mol. The SMILES string of the molecule is C=C1CCC(N2C(=O)c3cccc(COC(=O)CCCCCNCC(=O)N4CCN(c5ccc(Cc6ncc7c(C)c(C(C)=O)c(=O)n(C8CCCC8)c7n6)nc5)CC4)c3C2=O)C(=O)N1. The smallest absolute Gasteiger partial charge is 0.306 e. The summed E-state index contributed by atoms with van der Waals surface area (Å²) in [5, 5.41) is 6.57. The van der Waals surface area contributed by atoms with E-state index in [1.807, 2.05) is 23.2 Å². The van der Waals surface area contributed by atoms with Crippen molar-refractivity contribution in [3.63, 3.8) is 0 Å². The number of amides is 4. The molecule has 8 rings (SSSR count). The molecule has 4 amide bonds. The first kappa shape index (κ1) is 45.0. The highest BCUT2D eigenvalue weighted by Gasteiger charge is 2.45. The van der Waals surface area contributed by atoms with E-state index in [0.717, 1.165) is 60.2 Å². The number of pyridine rings is 2. The average Bonchev–Trinajstić information content (AvgIpc) is 3.91. The molecule has 1 aliphatic carbocycles. The first-order valence-corrected chi connectivity index (χ1v) is 22.6. The molecule has 1 saturated carbocycles. The van der Waals surface area contributed by atoms with Crippen LogP contribution in [0.5, 0.6) is 0 Å². The van der Waals surface area contributed by atoms with E-state index in [1.54, 1.807) is 35.9 Å². The third-order valence-electron chi connectivity index (χ3n) is 13.0. The van der Waals surface area contributed by atoms with Gasteiger partial charge in [-0.25, -0.2) is 9.97 Å². The lowest BCUT2D eigenvalue weighted by atomic mass is 10.0. The first-order chi connectivity index (χ1) is 31.4. The molecule has 1 unspecified atom stereocenters. The fourth-order valence-electron chi connectivity index (χ4n) is 9.47. The van der Waals surface area contributed by atoms with Crippen molar-refractivity contribution in [1.82, 2.24) is 40.0 Å². The predicted octanol–water partition coefficient (Wildman–Crippen LogP) is 4.33. The molecule has 2 saturated heterocycles. The number of rotatable bonds is 16. The van der Waals surface area contributed by atoms with Crippen molar-refractivity contribution in [3.05, 3.63) is 105 Å². The highest BCUT2D eigenvalue weighted by atomic mass is 16.5. The van der Waals surface area contributed by atoms with Gasteiger partial charge in [-0.15, -0.1) is 0 Å². The molecule has 4 aliphatic rings. The van der Waals surface area contributed by atoms with Crippen LogP contribution in [-0.4, -0.2) is 110 Å². The molecule has 340 valence electrons. The van der Waals surface area contributed by atoms with Crippen molar-refractivity contribution in [3.8, 4) is 0 Å². The van der Waals surface area contributed by atoms with Crippen LogP contribution in [0, 0.1) is 6.92 Å². The highest BCUT2D eigenvalue weighted by Crippen LogP contribution is 2.33. The molecule has 0 spiro atoms. The maximum Gasteiger partial charge on any atom is 0.306 e. The Morgan fingerprint density at radius 1 is 0.923 bits per heavy atom. The van der Waals surface area contributed by atoms with Gasteiger partial charge in [-0.3, -0.25) is 48.0 Å². The molecule has 2 N–H and O–H groups in total. The van der Waals surface area contributed by atoms with Crippen LogP contribution in [0.2, 0.25) is 0 Å². The summed E-state index contributed by atoms with van der Waals surface area (Å²) in [5.74, 6) is -1.63. The number of unbranched alkanes of at least 4 members (excludes halogenated alkanes) is 2. The van der Waals surface area contributed by atoms with Gasteiger partial charge in [0.2, 0.25) is 11.8 Å². The van der Waals surface area contributed by atoms with Crippen LogP contribution in [0.25, 0.3) is 11.0 Å². The molecule has 3 aliphatic heterocycles. The van der Waals surface area contributed by atoms with Gasteiger partial charge in [-0.05, 0) is 82.7 Å². The van der Waals surface area contributed by atoms with Gasteiger partial charge in [0.15, 0.2) is 5.78 Å². The number of nitrogens with one attached hydrogen (secondary N) is 2. The van der Waals surface area contributed by atoms with E-state index in [1.165, 1.54) is 6.92 Å². The lowest BCUT2D eigenvalue weighted by Crippen LogP contribution is -2.51. The van der Waals surface area contributed by atoms with Crippen molar-refractivity contribution in [2.24, 2.45) is 0 Å². The number of allylic oxidation sites excluding steroid dienone is 1. The quantitative estimate of drug-likeness (QED) is 0.0697. The number of carbonyl (C=O) groups is 6.